The van der Waals surface area contributed by atoms with Crippen LogP contribution in [0.1, 0.15) is 33.1 Å². The van der Waals surface area contributed by atoms with Crippen molar-refractivity contribution in [1.29, 1.82) is 0 Å². The number of allylic oxidation sites excluding steroid dienone is 1. The van der Waals surface area contributed by atoms with E-state index >= 15 is 0 Å². The molecule has 0 aromatic heterocycles. The third-order valence-corrected chi connectivity index (χ3v) is 2.64. The molecule has 0 aromatic carbocycles. The van der Waals surface area contributed by atoms with Crippen molar-refractivity contribution in [3.8, 4) is 0 Å². The van der Waals surface area contributed by atoms with Crippen LogP contribution in [-0.2, 0) is 14.3 Å². The zero-order valence-corrected chi connectivity index (χ0v) is 10.4. The molecule has 17 heavy (non-hydrogen) atoms. The molecule has 0 aromatic rings. The highest BCUT2D eigenvalue weighted by Gasteiger charge is 2.26. The number of carbonyl (C=O) groups is 2. The number of amides is 2. The van der Waals surface area contributed by atoms with Crippen molar-refractivity contribution in [1.82, 2.24) is 5.32 Å². The first-order valence-corrected chi connectivity index (χ1v) is 5.85. The first-order chi connectivity index (χ1) is 8.00. The molecule has 0 aliphatic carbocycles. The molecule has 2 amide bonds. The lowest BCUT2D eigenvalue weighted by Crippen LogP contribution is -2.47. The normalized spacial score (nSPS) is 20.7. The number of hydrogen-bond acceptors (Lipinski definition) is 3. The van der Waals surface area contributed by atoms with Crippen LogP contribution in [0.15, 0.2) is 11.6 Å². The third kappa shape index (κ3) is 4.56. The average molecular weight is 240 g/mol. The van der Waals surface area contributed by atoms with Crippen LogP contribution >= 0.6 is 0 Å². The summed E-state index contributed by atoms with van der Waals surface area (Å²) in [5.41, 5.74) is 6.33. The molecule has 1 saturated heterocycles. The van der Waals surface area contributed by atoms with Crippen molar-refractivity contribution in [2.24, 2.45) is 5.73 Å². The molecule has 5 heteroatoms. The van der Waals surface area contributed by atoms with E-state index < -0.39 is 18.1 Å². The van der Waals surface area contributed by atoms with Gasteiger partial charge >= 0.3 is 0 Å². The van der Waals surface area contributed by atoms with E-state index in [-0.39, 0.29) is 5.91 Å². The van der Waals surface area contributed by atoms with Gasteiger partial charge in [-0.1, -0.05) is 11.6 Å². The molecular weight excluding hydrogens is 220 g/mol. The van der Waals surface area contributed by atoms with Gasteiger partial charge in [0.1, 0.15) is 12.1 Å². The van der Waals surface area contributed by atoms with Crippen LogP contribution in [0, 0.1) is 0 Å². The molecule has 1 fully saturated rings. The fraction of sp³-hybridized carbons (Fsp3) is 0.667. The van der Waals surface area contributed by atoms with Crippen molar-refractivity contribution >= 4 is 11.8 Å². The fourth-order valence-corrected chi connectivity index (χ4v) is 1.65. The Balaban J connectivity index is 2.51. The van der Waals surface area contributed by atoms with Gasteiger partial charge in [0.2, 0.25) is 11.8 Å². The second kappa shape index (κ2) is 6.39. The first kappa shape index (κ1) is 13.7. The van der Waals surface area contributed by atoms with Gasteiger partial charge in [0, 0.05) is 6.61 Å². The van der Waals surface area contributed by atoms with Gasteiger partial charge in [-0.15, -0.1) is 0 Å². The summed E-state index contributed by atoms with van der Waals surface area (Å²) in [4.78, 5) is 22.9. The largest absolute Gasteiger partial charge is 0.368 e. The summed E-state index contributed by atoms with van der Waals surface area (Å²) in [6.45, 7) is 4.47. The second-order valence-electron chi connectivity index (χ2n) is 4.48. The Morgan fingerprint density at radius 3 is 2.71 bits per heavy atom. The Labute approximate surface area is 101 Å². The van der Waals surface area contributed by atoms with Crippen LogP contribution in [-0.4, -0.2) is 30.6 Å². The molecule has 3 N–H and O–H groups in total. The second-order valence-corrected chi connectivity index (χ2v) is 4.48. The maximum absolute atomic E-state index is 11.7. The van der Waals surface area contributed by atoms with Crippen LogP contribution in [0.3, 0.4) is 0 Å². The predicted molar refractivity (Wildman–Crippen MR) is 64.1 cm³/mol. The standard InChI is InChI=1S/C12H20N2O3/c1-8(2)5-6-9(11(13)15)14-12(16)10-4-3-7-17-10/h5,9-10H,3-4,6-7H2,1-2H3,(H2,13,15)(H,14,16)/t9-,10-/m1/s1. The van der Waals surface area contributed by atoms with Crippen molar-refractivity contribution in [2.45, 2.75) is 45.3 Å². The molecule has 0 saturated carbocycles. The summed E-state index contributed by atoms with van der Waals surface area (Å²) < 4.78 is 5.24. The van der Waals surface area contributed by atoms with Crippen LogP contribution in [0.25, 0.3) is 0 Å². The number of primary amides is 1. The van der Waals surface area contributed by atoms with E-state index in [1.807, 2.05) is 19.9 Å². The molecule has 1 aliphatic rings. The Bertz CT molecular complexity index is 316. The quantitative estimate of drug-likeness (QED) is 0.686. The highest BCUT2D eigenvalue weighted by Crippen LogP contribution is 2.12. The van der Waals surface area contributed by atoms with Gasteiger partial charge in [-0.25, -0.2) is 0 Å². The fourth-order valence-electron chi connectivity index (χ4n) is 1.65. The van der Waals surface area contributed by atoms with E-state index in [0.29, 0.717) is 19.4 Å². The first-order valence-electron chi connectivity index (χ1n) is 5.85. The number of nitrogens with two attached hydrogens (primary N) is 1. The number of ether oxygens (including phenoxy) is 1. The minimum absolute atomic E-state index is 0.242. The van der Waals surface area contributed by atoms with E-state index in [9.17, 15) is 9.59 Å². The Morgan fingerprint density at radius 2 is 2.24 bits per heavy atom. The lowest BCUT2D eigenvalue weighted by atomic mass is 10.1. The molecule has 0 unspecified atom stereocenters. The summed E-state index contributed by atoms with van der Waals surface area (Å²) in [7, 11) is 0. The van der Waals surface area contributed by atoms with E-state index in [1.165, 1.54) is 0 Å². The molecule has 2 atom stereocenters. The number of hydrogen-bond donors (Lipinski definition) is 2. The van der Waals surface area contributed by atoms with Crippen LogP contribution in [0.2, 0.25) is 0 Å². The highest BCUT2D eigenvalue weighted by molar-refractivity contribution is 5.88. The summed E-state index contributed by atoms with van der Waals surface area (Å²) in [5.74, 6) is -0.762. The Hall–Kier alpha value is -1.36. The van der Waals surface area contributed by atoms with Gasteiger partial charge in [-0.3, -0.25) is 9.59 Å². The summed E-state index contributed by atoms with van der Waals surface area (Å²) >= 11 is 0. The van der Waals surface area contributed by atoms with Gasteiger partial charge in [0.25, 0.3) is 0 Å². The summed E-state index contributed by atoms with van der Waals surface area (Å²) in [6.07, 6.45) is 3.47. The van der Waals surface area contributed by atoms with Crippen LogP contribution in [0.4, 0.5) is 0 Å². The number of rotatable bonds is 5. The molecule has 0 radical (unpaired) electrons. The lowest BCUT2D eigenvalue weighted by Gasteiger charge is -2.16. The summed E-state index contributed by atoms with van der Waals surface area (Å²) in [5, 5.41) is 2.63. The van der Waals surface area contributed by atoms with Gasteiger partial charge < -0.3 is 15.8 Å². The molecule has 1 aliphatic heterocycles. The summed E-state index contributed by atoms with van der Waals surface area (Å²) in [6, 6.07) is -0.651. The van der Waals surface area contributed by atoms with Gasteiger partial charge in [0.05, 0.1) is 0 Å². The van der Waals surface area contributed by atoms with Gasteiger partial charge in [0.15, 0.2) is 0 Å². The molecule has 5 nitrogen and oxygen atoms in total. The maximum Gasteiger partial charge on any atom is 0.249 e. The third-order valence-electron chi connectivity index (χ3n) is 2.64. The SMILES string of the molecule is CC(C)=CC[C@@H](NC(=O)[C@H]1CCCO1)C(N)=O. The van der Waals surface area contributed by atoms with Crippen molar-refractivity contribution < 1.29 is 14.3 Å². The monoisotopic (exact) mass is 240 g/mol. The minimum Gasteiger partial charge on any atom is -0.368 e. The molecular formula is C12H20N2O3. The number of nitrogens with one attached hydrogen (secondary N) is 1. The van der Waals surface area contributed by atoms with Crippen molar-refractivity contribution in [3.05, 3.63) is 11.6 Å². The van der Waals surface area contributed by atoms with E-state index in [0.717, 1.165) is 12.0 Å². The highest BCUT2D eigenvalue weighted by atomic mass is 16.5. The average Bonchev–Trinajstić information content (AvgIpc) is 2.76. The molecule has 0 bridgehead atoms. The van der Waals surface area contributed by atoms with Crippen LogP contribution in [0.5, 0.6) is 0 Å². The zero-order valence-electron chi connectivity index (χ0n) is 10.4. The Morgan fingerprint density at radius 1 is 1.53 bits per heavy atom. The predicted octanol–water partition coefficient (Wildman–Crippen LogP) is 0.492. The molecule has 96 valence electrons. The van der Waals surface area contributed by atoms with Gasteiger partial charge in [-0.05, 0) is 33.1 Å². The van der Waals surface area contributed by atoms with Crippen LogP contribution < -0.4 is 11.1 Å². The molecule has 1 rings (SSSR count). The zero-order chi connectivity index (χ0) is 12.8. The van der Waals surface area contributed by atoms with E-state index in [4.69, 9.17) is 10.5 Å². The van der Waals surface area contributed by atoms with E-state index in [1.54, 1.807) is 0 Å². The topological polar surface area (TPSA) is 81.4 Å². The van der Waals surface area contributed by atoms with Crippen molar-refractivity contribution in [3.63, 3.8) is 0 Å². The Kier molecular flexibility index (Phi) is 5.15. The minimum atomic E-state index is -0.651. The van der Waals surface area contributed by atoms with E-state index in [2.05, 4.69) is 5.32 Å². The molecule has 0 spiro atoms. The number of carbonyl (C=O) groups excluding carboxylic acids is 2. The van der Waals surface area contributed by atoms with Gasteiger partial charge in [-0.2, -0.15) is 0 Å². The smallest absolute Gasteiger partial charge is 0.249 e. The van der Waals surface area contributed by atoms with Crippen molar-refractivity contribution in [2.75, 3.05) is 6.61 Å². The lowest BCUT2D eigenvalue weighted by molar-refractivity contribution is -0.133. The maximum atomic E-state index is 11.7. The molecule has 1 heterocycles.